The fraction of sp³-hybridized carbons (Fsp3) is 0.545. The van der Waals surface area contributed by atoms with Crippen molar-refractivity contribution in [2.45, 2.75) is 32.9 Å². The van der Waals surface area contributed by atoms with Gasteiger partial charge in [0.15, 0.2) is 5.69 Å². The van der Waals surface area contributed by atoms with Crippen molar-refractivity contribution in [2.24, 2.45) is 0 Å². The Morgan fingerprint density at radius 3 is 2.70 bits per heavy atom. The molecule has 0 aromatic carbocycles. The molecule has 0 aliphatic heterocycles. The molecule has 0 unspecified atom stereocenters. The van der Waals surface area contributed by atoms with Gasteiger partial charge in [0.1, 0.15) is 6.54 Å². The second kappa shape index (κ2) is 7.22. The van der Waals surface area contributed by atoms with Crippen molar-refractivity contribution in [2.75, 3.05) is 6.54 Å². The van der Waals surface area contributed by atoms with E-state index in [2.05, 4.69) is 20.9 Å². The Bertz CT molecular complexity index is 497. The number of nitrogens with zero attached hydrogens (tertiary/aromatic N) is 3. The van der Waals surface area contributed by atoms with Crippen LogP contribution in [0, 0.1) is 0 Å². The normalized spacial score (nSPS) is 10.3. The summed E-state index contributed by atoms with van der Waals surface area (Å²) in [6.07, 6.45) is 1.39. The Morgan fingerprint density at radius 2 is 2.10 bits per heavy atom. The monoisotopic (exact) mass is 283 g/mol. The molecule has 0 aliphatic carbocycles. The van der Waals surface area contributed by atoms with Crippen LogP contribution in [-0.4, -0.2) is 50.5 Å². The zero-order valence-electron chi connectivity index (χ0n) is 11.3. The first-order valence-electron chi connectivity index (χ1n) is 6.08. The summed E-state index contributed by atoms with van der Waals surface area (Å²) in [6, 6.07) is 0.0501. The first-order chi connectivity index (χ1) is 9.38. The molecule has 0 bridgehead atoms. The highest BCUT2D eigenvalue weighted by Gasteiger charge is 2.12. The van der Waals surface area contributed by atoms with Crippen molar-refractivity contribution in [1.82, 2.24) is 25.6 Å². The largest absolute Gasteiger partial charge is 0.480 e. The molecule has 1 heterocycles. The number of nitrogens with one attached hydrogen (secondary N) is 2. The van der Waals surface area contributed by atoms with Crippen molar-refractivity contribution in [1.29, 1.82) is 0 Å². The summed E-state index contributed by atoms with van der Waals surface area (Å²) >= 11 is 0. The Morgan fingerprint density at radius 1 is 1.40 bits per heavy atom. The summed E-state index contributed by atoms with van der Waals surface area (Å²) in [6.45, 7) is 3.49. The summed E-state index contributed by atoms with van der Waals surface area (Å²) in [5, 5.41) is 20.8. The van der Waals surface area contributed by atoms with Crippen LogP contribution in [0.15, 0.2) is 6.20 Å². The molecule has 1 aromatic rings. The summed E-state index contributed by atoms with van der Waals surface area (Å²) in [5.41, 5.74) is 0.00974. The van der Waals surface area contributed by atoms with E-state index in [0.29, 0.717) is 0 Å². The number of carbonyl (C=O) groups excluding carboxylic acids is 2. The third kappa shape index (κ3) is 5.46. The molecule has 3 N–H and O–H groups in total. The Labute approximate surface area is 115 Å². The fourth-order valence-corrected chi connectivity index (χ4v) is 1.39. The summed E-state index contributed by atoms with van der Waals surface area (Å²) in [5.74, 6) is -1.74. The van der Waals surface area contributed by atoms with Gasteiger partial charge in [0.25, 0.3) is 5.91 Å². The smallest absolute Gasteiger partial charge is 0.325 e. The first kappa shape index (κ1) is 15.6. The van der Waals surface area contributed by atoms with Crippen LogP contribution in [-0.2, 0) is 16.1 Å². The third-order valence-electron chi connectivity index (χ3n) is 2.16. The lowest BCUT2D eigenvalue weighted by molar-refractivity contribution is -0.138. The van der Waals surface area contributed by atoms with Crippen LogP contribution in [0.5, 0.6) is 0 Å². The third-order valence-corrected chi connectivity index (χ3v) is 2.16. The molecule has 0 atom stereocenters. The molecule has 0 saturated carbocycles. The summed E-state index contributed by atoms with van der Waals surface area (Å²) in [7, 11) is 0. The molecule has 0 spiro atoms. The molecule has 0 saturated heterocycles. The van der Waals surface area contributed by atoms with Gasteiger partial charge in [-0.15, -0.1) is 5.10 Å². The van der Waals surface area contributed by atoms with E-state index in [1.165, 1.54) is 6.20 Å². The van der Waals surface area contributed by atoms with Crippen molar-refractivity contribution >= 4 is 17.8 Å². The van der Waals surface area contributed by atoms with Gasteiger partial charge in [0, 0.05) is 19.0 Å². The van der Waals surface area contributed by atoms with E-state index in [-0.39, 0.29) is 37.2 Å². The average Bonchev–Trinajstić information content (AvgIpc) is 2.75. The van der Waals surface area contributed by atoms with Gasteiger partial charge in [-0.25, -0.2) is 4.68 Å². The zero-order valence-corrected chi connectivity index (χ0v) is 11.3. The standard InChI is InChI=1S/C11H17N5O4/c1-7(2)13-9(17)3-4-12-11(20)8-5-16(15-14-8)6-10(18)19/h5,7H,3-4,6H2,1-2H3,(H,12,20)(H,13,17)(H,18,19). The number of aliphatic carboxylic acids is 1. The van der Waals surface area contributed by atoms with Crippen LogP contribution in [0.2, 0.25) is 0 Å². The Balaban J connectivity index is 2.37. The molecular weight excluding hydrogens is 266 g/mol. The van der Waals surface area contributed by atoms with E-state index in [1.54, 1.807) is 0 Å². The van der Waals surface area contributed by atoms with Crippen molar-refractivity contribution < 1.29 is 19.5 Å². The van der Waals surface area contributed by atoms with Gasteiger partial charge in [-0.1, -0.05) is 5.21 Å². The Kier molecular flexibility index (Phi) is 5.63. The molecule has 0 radical (unpaired) electrons. The number of carboxylic acids is 1. The number of hydrogen-bond acceptors (Lipinski definition) is 5. The number of amides is 2. The molecular formula is C11H17N5O4. The van der Waals surface area contributed by atoms with Crippen LogP contribution >= 0.6 is 0 Å². The zero-order chi connectivity index (χ0) is 15.1. The molecule has 110 valence electrons. The summed E-state index contributed by atoms with van der Waals surface area (Å²) < 4.78 is 1.04. The molecule has 1 aromatic heterocycles. The Hall–Kier alpha value is -2.45. The maximum Gasteiger partial charge on any atom is 0.325 e. The molecule has 0 aliphatic rings. The van der Waals surface area contributed by atoms with Crippen LogP contribution in [0.3, 0.4) is 0 Å². The lowest BCUT2D eigenvalue weighted by Gasteiger charge is -2.08. The van der Waals surface area contributed by atoms with Gasteiger partial charge in [-0.3, -0.25) is 14.4 Å². The van der Waals surface area contributed by atoms with Gasteiger partial charge in [0.05, 0.1) is 6.20 Å². The molecule has 9 nitrogen and oxygen atoms in total. The van der Waals surface area contributed by atoms with E-state index >= 15 is 0 Å². The molecule has 9 heteroatoms. The minimum absolute atomic E-state index is 0.00974. The van der Waals surface area contributed by atoms with Crippen LogP contribution in [0.25, 0.3) is 0 Å². The van der Waals surface area contributed by atoms with E-state index in [1.807, 2.05) is 13.8 Å². The maximum atomic E-state index is 11.6. The van der Waals surface area contributed by atoms with Gasteiger partial charge in [0.2, 0.25) is 5.91 Å². The van der Waals surface area contributed by atoms with E-state index in [4.69, 9.17) is 5.11 Å². The quantitative estimate of drug-likeness (QED) is 0.589. The van der Waals surface area contributed by atoms with Crippen molar-refractivity contribution in [3.05, 3.63) is 11.9 Å². The first-order valence-corrected chi connectivity index (χ1v) is 6.08. The van der Waals surface area contributed by atoms with E-state index in [9.17, 15) is 14.4 Å². The average molecular weight is 283 g/mol. The number of aromatic nitrogens is 3. The lowest BCUT2D eigenvalue weighted by Crippen LogP contribution is -2.34. The number of rotatable bonds is 7. The van der Waals surface area contributed by atoms with Gasteiger partial charge >= 0.3 is 5.97 Å². The van der Waals surface area contributed by atoms with Gasteiger partial charge in [-0.2, -0.15) is 0 Å². The highest BCUT2D eigenvalue weighted by Crippen LogP contribution is 1.93. The minimum atomic E-state index is -1.08. The highest BCUT2D eigenvalue weighted by molar-refractivity contribution is 5.92. The predicted molar refractivity (Wildman–Crippen MR) is 67.9 cm³/mol. The number of carbonyl (C=O) groups is 3. The second-order valence-corrected chi connectivity index (χ2v) is 4.42. The molecule has 20 heavy (non-hydrogen) atoms. The maximum absolute atomic E-state index is 11.6. The number of carboxylic acid groups (broad SMARTS) is 1. The lowest BCUT2D eigenvalue weighted by atomic mass is 10.3. The highest BCUT2D eigenvalue weighted by atomic mass is 16.4. The number of hydrogen-bond donors (Lipinski definition) is 3. The van der Waals surface area contributed by atoms with Crippen molar-refractivity contribution in [3.8, 4) is 0 Å². The van der Waals surface area contributed by atoms with Crippen molar-refractivity contribution in [3.63, 3.8) is 0 Å². The van der Waals surface area contributed by atoms with Gasteiger partial charge in [-0.05, 0) is 13.8 Å². The SMILES string of the molecule is CC(C)NC(=O)CCNC(=O)c1cn(CC(=O)O)nn1. The molecule has 0 fully saturated rings. The van der Waals surface area contributed by atoms with E-state index in [0.717, 1.165) is 4.68 Å². The molecule has 1 rings (SSSR count). The second-order valence-electron chi connectivity index (χ2n) is 4.42. The van der Waals surface area contributed by atoms with E-state index < -0.39 is 11.9 Å². The van der Waals surface area contributed by atoms with Gasteiger partial charge < -0.3 is 15.7 Å². The van der Waals surface area contributed by atoms with Crippen LogP contribution in [0.1, 0.15) is 30.8 Å². The topological polar surface area (TPSA) is 126 Å². The van der Waals surface area contributed by atoms with Crippen LogP contribution in [0.4, 0.5) is 0 Å². The minimum Gasteiger partial charge on any atom is -0.480 e. The fourth-order valence-electron chi connectivity index (χ4n) is 1.39. The summed E-state index contributed by atoms with van der Waals surface area (Å²) in [4.78, 5) is 33.4. The molecule has 2 amide bonds. The van der Waals surface area contributed by atoms with Crippen LogP contribution < -0.4 is 10.6 Å². The predicted octanol–water partition coefficient (Wildman–Crippen LogP) is -0.993.